The van der Waals surface area contributed by atoms with Gasteiger partial charge in [-0.25, -0.2) is 0 Å². The minimum atomic E-state index is -0.777. The Bertz CT molecular complexity index is 522. The highest BCUT2D eigenvalue weighted by molar-refractivity contribution is 5.93. The molecular formula is C14H22N4O3. The second kappa shape index (κ2) is 6.24. The van der Waals surface area contributed by atoms with Crippen LogP contribution in [0.1, 0.15) is 44.8 Å². The fraction of sp³-hybridized carbons (Fsp3) is 0.714. The van der Waals surface area contributed by atoms with E-state index in [1.807, 2.05) is 13.8 Å². The van der Waals surface area contributed by atoms with Crippen molar-refractivity contribution in [1.82, 2.24) is 20.4 Å². The summed E-state index contributed by atoms with van der Waals surface area (Å²) in [6.07, 6.45) is 2.04. The highest BCUT2D eigenvalue weighted by Crippen LogP contribution is 2.22. The summed E-state index contributed by atoms with van der Waals surface area (Å²) in [4.78, 5) is 30.5. The number of rotatable bonds is 5. The SMILES string of the molecule is CCC1(CC)NC(=O)CCN(CCc2noc(C)n2)C1=O. The molecule has 1 N–H and O–H groups in total. The van der Waals surface area contributed by atoms with Crippen molar-refractivity contribution in [2.24, 2.45) is 0 Å². The van der Waals surface area contributed by atoms with E-state index in [1.54, 1.807) is 11.8 Å². The summed E-state index contributed by atoms with van der Waals surface area (Å²) in [6.45, 7) is 6.51. The third kappa shape index (κ3) is 3.22. The number of nitrogens with zero attached hydrogens (tertiary/aromatic N) is 3. The van der Waals surface area contributed by atoms with Gasteiger partial charge in [-0.3, -0.25) is 9.59 Å². The molecule has 2 rings (SSSR count). The van der Waals surface area contributed by atoms with Gasteiger partial charge in [0.25, 0.3) is 0 Å². The first-order valence-electron chi connectivity index (χ1n) is 7.40. The third-order valence-electron chi connectivity index (χ3n) is 4.07. The van der Waals surface area contributed by atoms with Crippen molar-refractivity contribution >= 4 is 11.8 Å². The van der Waals surface area contributed by atoms with Gasteiger partial charge in [0.05, 0.1) is 0 Å². The van der Waals surface area contributed by atoms with Crippen LogP contribution in [0.3, 0.4) is 0 Å². The molecule has 0 spiro atoms. The second-order valence-electron chi connectivity index (χ2n) is 5.36. The van der Waals surface area contributed by atoms with Crippen molar-refractivity contribution in [2.75, 3.05) is 13.1 Å². The van der Waals surface area contributed by atoms with E-state index in [9.17, 15) is 9.59 Å². The van der Waals surface area contributed by atoms with Gasteiger partial charge in [-0.15, -0.1) is 0 Å². The van der Waals surface area contributed by atoms with Gasteiger partial charge in [0.15, 0.2) is 5.82 Å². The third-order valence-corrected chi connectivity index (χ3v) is 4.07. The van der Waals surface area contributed by atoms with Crippen LogP contribution < -0.4 is 5.32 Å². The zero-order valence-corrected chi connectivity index (χ0v) is 12.8. The van der Waals surface area contributed by atoms with Crippen LogP contribution in [-0.4, -0.2) is 45.5 Å². The minimum Gasteiger partial charge on any atom is -0.342 e. The normalized spacial score (nSPS) is 18.5. The summed E-state index contributed by atoms with van der Waals surface area (Å²) in [5.41, 5.74) is -0.777. The number of aryl methyl sites for hydroxylation is 1. The summed E-state index contributed by atoms with van der Waals surface area (Å²) < 4.78 is 4.93. The Morgan fingerprint density at radius 3 is 2.62 bits per heavy atom. The molecule has 1 aromatic rings. The topological polar surface area (TPSA) is 88.3 Å². The number of amides is 2. The van der Waals surface area contributed by atoms with E-state index < -0.39 is 5.54 Å². The molecule has 1 aliphatic heterocycles. The zero-order chi connectivity index (χ0) is 15.5. The van der Waals surface area contributed by atoms with Crippen LogP contribution in [0.15, 0.2) is 4.52 Å². The molecule has 2 amide bonds. The summed E-state index contributed by atoms with van der Waals surface area (Å²) >= 11 is 0. The van der Waals surface area contributed by atoms with Gasteiger partial charge >= 0.3 is 0 Å². The molecule has 116 valence electrons. The molecule has 0 radical (unpaired) electrons. The molecule has 0 aliphatic carbocycles. The van der Waals surface area contributed by atoms with Crippen molar-refractivity contribution in [2.45, 2.75) is 52.0 Å². The van der Waals surface area contributed by atoms with Gasteiger partial charge in [0.2, 0.25) is 17.7 Å². The standard InChI is InChI=1S/C14H22N4O3/c1-4-14(5-2)13(20)18(9-7-12(19)16-14)8-6-11-15-10(3)21-17-11/h4-9H2,1-3H3,(H,16,19). The maximum absolute atomic E-state index is 12.7. The van der Waals surface area contributed by atoms with Crippen LogP contribution >= 0.6 is 0 Å². The number of nitrogens with one attached hydrogen (secondary N) is 1. The van der Waals surface area contributed by atoms with Crippen LogP contribution in [0.2, 0.25) is 0 Å². The van der Waals surface area contributed by atoms with Crippen molar-refractivity contribution in [3.63, 3.8) is 0 Å². The van der Waals surface area contributed by atoms with Gasteiger partial charge < -0.3 is 14.7 Å². The maximum Gasteiger partial charge on any atom is 0.248 e. The summed E-state index contributed by atoms with van der Waals surface area (Å²) in [5, 5.41) is 6.73. The highest BCUT2D eigenvalue weighted by atomic mass is 16.5. The Kier molecular flexibility index (Phi) is 4.59. The van der Waals surface area contributed by atoms with E-state index in [4.69, 9.17) is 4.52 Å². The van der Waals surface area contributed by atoms with Gasteiger partial charge in [-0.05, 0) is 12.8 Å². The van der Waals surface area contributed by atoms with Gasteiger partial charge in [0.1, 0.15) is 5.54 Å². The lowest BCUT2D eigenvalue weighted by Gasteiger charge is -2.33. The predicted octanol–water partition coefficient (Wildman–Crippen LogP) is 0.828. The molecule has 0 unspecified atom stereocenters. The summed E-state index contributed by atoms with van der Waals surface area (Å²) in [5.74, 6) is 1.02. The van der Waals surface area contributed by atoms with Crippen LogP contribution in [0, 0.1) is 6.92 Å². The molecule has 1 aromatic heterocycles. The first kappa shape index (κ1) is 15.5. The molecule has 0 atom stereocenters. The lowest BCUT2D eigenvalue weighted by atomic mass is 9.91. The molecule has 1 saturated heterocycles. The van der Waals surface area contributed by atoms with E-state index in [1.165, 1.54) is 0 Å². The molecule has 21 heavy (non-hydrogen) atoms. The van der Waals surface area contributed by atoms with Crippen LogP contribution in [-0.2, 0) is 16.0 Å². The molecule has 1 aliphatic rings. The Morgan fingerprint density at radius 1 is 1.33 bits per heavy atom. The van der Waals surface area contributed by atoms with Gasteiger partial charge in [-0.1, -0.05) is 19.0 Å². The number of aromatic nitrogens is 2. The van der Waals surface area contributed by atoms with Crippen molar-refractivity contribution in [3.8, 4) is 0 Å². The summed E-state index contributed by atoms with van der Waals surface area (Å²) in [7, 11) is 0. The lowest BCUT2D eigenvalue weighted by molar-refractivity contribution is -0.139. The summed E-state index contributed by atoms with van der Waals surface area (Å²) in [6, 6.07) is 0. The van der Waals surface area contributed by atoms with Crippen molar-refractivity contribution in [1.29, 1.82) is 0 Å². The van der Waals surface area contributed by atoms with E-state index in [0.29, 0.717) is 50.5 Å². The molecule has 0 bridgehead atoms. The van der Waals surface area contributed by atoms with E-state index >= 15 is 0 Å². The Morgan fingerprint density at radius 2 is 2.05 bits per heavy atom. The zero-order valence-electron chi connectivity index (χ0n) is 12.8. The molecule has 0 saturated carbocycles. The largest absolute Gasteiger partial charge is 0.342 e. The van der Waals surface area contributed by atoms with Crippen molar-refractivity contribution < 1.29 is 14.1 Å². The fourth-order valence-electron chi connectivity index (χ4n) is 2.64. The predicted molar refractivity (Wildman–Crippen MR) is 75.4 cm³/mol. The van der Waals surface area contributed by atoms with Crippen LogP contribution in [0.5, 0.6) is 0 Å². The number of carbonyl (C=O) groups is 2. The Hall–Kier alpha value is -1.92. The van der Waals surface area contributed by atoms with E-state index in [0.717, 1.165) is 0 Å². The molecule has 2 heterocycles. The first-order valence-corrected chi connectivity index (χ1v) is 7.40. The average Bonchev–Trinajstić information content (AvgIpc) is 2.84. The quantitative estimate of drug-likeness (QED) is 0.869. The smallest absolute Gasteiger partial charge is 0.248 e. The second-order valence-corrected chi connectivity index (χ2v) is 5.36. The van der Waals surface area contributed by atoms with Crippen LogP contribution in [0.25, 0.3) is 0 Å². The monoisotopic (exact) mass is 294 g/mol. The number of hydrogen-bond donors (Lipinski definition) is 1. The molecule has 7 nitrogen and oxygen atoms in total. The maximum atomic E-state index is 12.7. The van der Waals surface area contributed by atoms with Crippen molar-refractivity contribution in [3.05, 3.63) is 11.7 Å². The molecule has 1 fully saturated rings. The number of hydrogen-bond acceptors (Lipinski definition) is 5. The van der Waals surface area contributed by atoms with Crippen LogP contribution in [0.4, 0.5) is 0 Å². The van der Waals surface area contributed by atoms with Gasteiger partial charge in [-0.2, -0.15) is 4.98 Å². The Balaban J connectivity index is 2.10. The minimum absolute atomic E-state index is 0.0152. The average molecular weight is 294 g/mol. The lowest BCUT2D eigenvalue weighted by Crippen LogP contribution is -2.56. The van der Waals surface area contributed by atoms with E-state index in [2.05, 4.69) is 15.5 Å². The first-order chi connectivity index (χ1) is 10.0. The Labute approximate surface area is 124 Å². The molecule has 7 heteroatoms. The highest BCUT2D eigenvalue weighted by Gasteiger charge is 2.41. The molecular weight excluding hydrogens is 272 g/mol. The van der Waals surface area contributed by atoms with Gasteiger partial charge in [0, 0.05) is 32.9 Å². The molecule has 0 aromatic carbocycles. The number of carbonyl (C=O) groups excluding carboxylic acids is 2. The fourth-order valence-corrected chi connectivity index (χ4v) is 2.64. The van der Waals surface area contributed by atoms with E-state index in [-0.39, 0.29) is 11.8 Å².